The Hall–Kier alpha value is -3.14. The number of benzene rings is 3. The molecule has 3 aromatic carbocycles. The molecule has 25 heavy (non-hydrogen) atoms. The largest absolute Gasteiger partial charge is 0.399 e. The maximum Gasteiger partial charge on any atom is 0.0417 e. The minimum absolute atomic E-state index is 0.662. The van der Waals surface area contributed by atoms with Gasteiger partial charge in [-0.25, -0.2) is 0 Å². The summed E-state index contributed by atoms with van der Waals surface area (Å²) in [5, 5.41) is 0. The summed E-state index contributed by atoms with van der Waals surface area (Å²) in [6, 6.07) is 13.8. The van der Waals surface area contributed by atoms with E-state index in [0.717, 1.165) is 50.3 Å². The maximum absolute atomic E-state index is 6.31. The van der Waals surface area contributed by atoms with Crippen LogP contribution in [-0.4, -0.2) is 0 Å². The fourth-order valence-corrected chi connectivity index (χ4v) is 3.30. The normalized spacial score (nSPS) is 10.8. The van der Waals surface area contributed by atoms with Gasteiger partial charge in [0.1, 0.15) is 0 Å². The summed E-state index contributed by atoms with van der Waals surface area (Å²) in [6.45, 7) is 6.03. The van der Waals surface area contributed by atoms with Crippen LogP contribution in [0.15, 0.2) is 42.5 Å². The molecule has 0 aliphatic rings. The molecule has 0 fully saturated rings. The van der Waals surface area contributed by atoms with Gasteiger partial charge in [-0.05, 0) is 78.9 Å². The van der Waals surface area contributed by atoms with Crippen LogP contribution in [0, 0.1) is 20.8 Å². The highest BCUT2D eigenvalue weighted by Gasteiger charge is 2.16. The van der Waals surface area contributed by atoms with Crippen molar-refractivity contribution in [3.05, 3.63) is 59.2 Å². The zero-order valence-electron chi connectivity index (χ0n) is 14.9. The predicted octanol–water partition coefficient (Wildman–Crippen LogP) is 4.27. The maximum atomic E-state index is 6.31. The number of hydrogen-bond acceptors (Lipinski definition) is 4. The van der Waals surface area contributed by atoms with E-state index in [0.29, 0.717) is 11.4 Å². The quantitative estimate of drug-likeness (QED) is 0.526. The van der Waals surface area contributed by atoms with Gasteiger partial charge in [-0.2, -0.15) is 0 Å². The van der Waals surface area contributed by atoms with Gasteiger partial charge < -0.3 is 22.9 Å². The second kappa shape index (κ2) is 6.06. The van der Waals surface area contributed by atoms with Crippen LogP contribution in [0.4, 0.5) is 22.7 Å². The number of rotatable bonds is 2. The minimum atomic E-state index is 0.662. The molecule has 0 aromatic heterocycles. The standard InChI is InChI=1S/C21H24N4/c1-11-8-14(4-6-16(11)22)20-13(3)21(19(25)10-18(20)24)15-5-7-17(23)12(2)9-15/h4-10H,22-25H2,1-3H3. The summed E-state index contributed by atoms with van der Waals surface area (Å²) in [7, 11) is 0. The minimum Gasteiger partial charge on any atom is -0.399 e. The average Bonchev–Trinajstić information content (AvgIpc) is 2.53. The molecule has 128 valence electrons. The molecule has 3 aromatic rings. The summed E-state index contributed by atoms with van der Waals surface area (Å²) in [4.78, 5) is 0. The summed E-state index contributed by atoms with van der Waals surface area (Å²) in [5.74, 6) is 0. The van der Waals surface area contributed by atoms with Crippen molar-refractivity contribution in [2.45, 2.75) is 20.8 Å². The number of anilines is 4. The van der Waals surface area contributed by atoms with E-state index in [1.807, 2.05) is 44.2 Å². The van der Waals surface area contributed by atoms with Crippen LogP contribution in [0.5, 0.6) is 0 Å². The second-order valence-corrected chi connectivity index (χ2v) is 6.57. The third kappa shape index (κ3) is 2.87. The van der Waals surface area contributed by atoms with Crippen molar-refractivity contribution in [2.75, 3.05) is 22.9 Å². The third-order valence-electron chi connectivity index (χ3n) is 4.76. The molecule has 0 radical (unpaired) electrons. The molecule has 0 unspecified atom stereocenters. The lowest BCUT2D eigenvalue weighted by Crippen LogP contribution is -2.02. The van der Waals surface area contributed by atoms with E-state index in [9.17, 15) is 0 Å². The van der Waals surface area contributed by atoms with Gasteiger partial charge in [0, 0.05) is 33.9 Å². The van der Waals surface area contributed by atoms with Crippen LogP contribution in [0.2, 0.25) is 0 Å². The Balaban J connectivity index is 2.28. The Kier molecular flexibility index (Phi) is 4.05. The number of aryl methyl sites for hydroxylation is 2. The van der Waals surface area contributed by atoms with Gasteiger partial charge in [-0.3, -0.25) is 0 Å². The zero-order valence-corrected chi connectivity index (χ0v) is 14.9. The van der Waals surface area contributed by atoms with Gasteiger partial charge in [0.25, 0.3) is 0 Å². The summed E-state index contributed by atoms with van der Waals surface area (Å²) < 4.78 is 0. The fraction of sp³-hybridized carbons (Fsp3) is 0.143. The predicted molar refractivity (Wildman–Crippen MR) is 109 cm³/mol. The van der Waals surface area contributed by atoms with Crippen molar-refractivity contribution in [3.8, 4) is 22.3 Å². The van der Waals surface area contributed by atoms with Crippen molar-refractivity contribution >= 4 is 22.7 Å². The molecule has 0 amide bonds. The van der Waals surface area contributed by atoms with E-state index in [1.165, 1.54) is 0 Å². The number of nitrogen functional groups attached to an aromatic ring is 4. The van der Waals surface area contributed by atoms with E-state index in [2.05, 4.69) is 19.1 Å². The topological polar surface area (TPSA) is 104 Å². The van der Waals surface area contributed by atoms with E-state index < -0.39 is 0 Å². The molecule has 0 saturated carbocycles. The monoisotopic (exact) mass is 332 g/mol. The van der Waals surface area contributed by atoms with Crippen LogP contribution >= 0.6 is 0 Å². The Morgan fingerprint density at radius 2 is 0.920 bits per heavy atom. The van der Waals surface area contributed by atoms with Gasteiger partial charge in [-0.15, -0.1) is 0 Å². The summed E-state index contributed by atoms with van der Waals surface area (Å²) >= 11 is 0. The summed E-state index contributed by atoms with van der Waals surface area (Å²) in [6.07, 6.45) is 0. The van der Waals surface area contributed by atoms with Gasteiger partial charge in [0.15, 0.2) is 0 Å². The lowest BCUT2D eigenvalue weighted by Gasteiger charge is -2.18. The van der Waals surface area contributed by atoms with Crippen LogP contribution in [0.25, 0.3) is 22.3 Å². The lowest BCUT2D eigenvalue weighted by molar-refractivity contribution is 1.41. The van der Waals surface area contributed by atoms with E-state index in [-0.39, 0.29) is 0 Å². The molecule has 4 nitrogen and oxygen atoms in total. The zero-order chi connectivity index (χ0) is 18.3. The molecule has 0 spiro atoms. The first kappa shape index (κ1) is 16.7. The molecule has 3 rings (SSSR count). The van der Waals surface area contributed by atoms with Crippen LogP contribution in [0.3, 0.4) is 0 Å². The molecule has 8 N–H and O–H groups in total. The van der Waals surface area contributed by atoms with Crippen molar-refractivity contribution in [1.29, 1.82) is 0 Å². The first-order valence-corrected chi connectivity index (χ1v) is 8.21. The lowest BCUT2D eigenvalue weighted by atomic mass is 9.89. The number of nitrogens with two attached hydrogens (primary N) is 4. The van der Waals surface area contributed by atoms with Crippen molar-refractivity contribution in [3.63, 3.8) is 0 Å². The average molecular weight is 332 g/mol. The molecular weight excluding hydrogens is 308 g/mol. The smallest absolute Gasteiger partial charge is 0.0417 e. The van der Waals surface area contributed by atoms with E-state index in [1.54, 1.807) is 0 Å². The van der Waals surface area contributed by atoms with Crippen molar-refractivity contribution in [1.82, 2.24) is 0 Å². The highest BCUT2D eigenvalue weighted by atomic mass is 14.6. The van der Waals surface area contributed by atoms with Gasteiger partial charge in [0.2, 0.25) is 0 Å². The van der Waals surface area contributed by atoms with E-state index in [4.69, 9.17) is 22.9 Å². The van der Waals surface area contributed by atoms with Crippen LogP contribution < -0.4 is 22.9 Å². The SMILES string of the molecule is Cc1cc(-c2c(N)cc(N)c(-c3ccc(N)c(C)c3)c2C)ccc1N. The second-order valence-electron chi connectivity index (χ2n) is 6.57. The molecule has 0 aliphatic carbocycles. The molecular formula is C21H24N4. The Bertz CT molecular complexity index is 898. The van der Waals surface area contributed by atoms with Gasteiger partial charge in [0.05, 0.1) is 0 Å². The van der Waals surface area contributed by atoms with Gasteiger partial charge >= 0.3 is 0 Å². The van der Waals surface area contributed by atoms with Gasteiger partial charge in [-0.1, -0.05) is 12.1 Å². The van der Waals surface area contributed by atoms with E-state index >= 15 is 0 Å². The molecule has 0 heterocycles. The van der Waals surface area contributed by atoms with Crippen molar-refractivity contribution < 1.29 is 0 Å². The highest BCUT2D eigenvalue weighted by Crippen LogP contribution is 2.41. The Morgan fingerprint density at radius 1 is 0.520 bits per heavy atom. The highest BCUT2D eigenvalue weighted by molar-refractivity contribution is 5.93. The third-order valence-corrected chi connectivity index (χ3v) is 4.76. The molecule has 0 atom stereocenters. The first-order chi connectivity index (χ1) is 11.8. The summed E-state index contributed by atoms with van der Waals surface area (Å²) in [5.41, 5.74) is 34.5. The molecule has 0 aliphatic heterocycles. The van der Waals surface area contributed by atoms with Crippen LogP contribution in [-0.2, 0) is 0 Å². The number of hydrogen-bond donors (Lipinski definition) is 4. The Labute approximate surface area is 148 Å². The molecule has 0 bridgehead atoms. The molecule has 4 heteroatoms. The molecule has 0 saturated heterocycles. The van der Waals surface area contributed by atoms with Crippen LogP contribution in [0.1, 0.15) is 16.7 Å². The van der Waals surface area contributed by atoms with Crippen molar-refractivity contribution in [2.24, 2.45) is 0 Å². The fourth-order valence-electron chi connectivity index (χ4n) is 3.30. The Morgan fingerprint density at radius 3 is 1.28 bits per heavy atom. The first-order valence-electron chi connectivity index (χ1n) is 8.21.